The zero-order valence-corrected chi connectivity index (χ0v) is 11.7. The maximum absolute atomic E-state index is 5.02. The molecule has 0 aliphatic heterocycles. The van der Waals surface area contributed by atoms with Crippen molar-refractivity contribution in [1.29, 1.82) is 0 Å². The molecule has 1 N–H and O–H groups in total. The highest BCUT2D eigenvalue weighted by Crippen LogP contribution is 2.23. The second kappa shape index (κ2) is 6.07. The molecule has 0 radical (unpaired) electrons. The average Bonchev–Trinajstić information content (AvgIpc) is 2.77. The SMILES string of the molecule is CCNc1nc(CSc2ccc(Br)cc2)no1. The molecule has 1 aromatic carbocycles. The Bertz CT molecular complexity index is 472. The molecule has 0 amide bonds. The van der Waals surface area contributed by atoms with E-state index in [9.17, 15) is 0 Å². The maximum Gasteiger partial charge on any atom is 0.321 e. The van der Waals surface area contributed by atoms with E-state index in [1.54, 1.807) is 11.8 Å². The van der Waals surface area contributed by atoms with E-state index < -0.39 is 0 Å². The minimum absolute atomic E-state index is 0.485. The molecule has 0 saturated heterocycles. The summed E-state index contributed by atoms with van der Waals surface area (Å²) in [6.45, 7) is 2.77. The molecule has 1 aromatic heterocycles. The summed E-state index contributed by atoms with van der Waals surface area (Å²) in [5, 5.41) is 6.87. The molecule has 0 saturated carbocycles. The number of halogens is 1. The summed E-state index contributed by atoms with van der Waals surface area (Å²) in [6.07, 6.45) is 0. The van der Waals surface area contributed by atoms with E-state index >= 15 is 0 Å². The van der Waals surface area contributed by atoms with Gasteiger partial charge in [0.05, 0.1) is 5.75 Å². The average molecular weight is 314 g/mol. The Morgan fingerprint density at radius 3 is 2.82 bits per heavy atom. The maximum atomic E-state index is 5.02. The van der Waals surface area contributed by atoms with Gasteiger partial charge in [0.1, 0.15) is 0 Å². The van der Waals surface area contributed by atoms with Crippen molar-refractivity contribution < 1.29 is 4.52 Å². The van der Waals surface area contributed by atoms with Gasteiger partial charge in [0, 0.05) is 15.9 Å². The molecule has 0 fully saturated rings. The topological polar surface area (TPSA) is 51.0 Å². The van der Waals surface area contributed by atoms with Crippen molar-refractivity contribution in [2.24, 2.45) is 0 Å². The molecule has 0 atom stereocenters. The van der Waals surface area contributed by atoms with Crippen LogP contribution in [0.3, 0.4) is 0 Å². The second-order valence-corrected chi connectivity index (χ2v) is 5.25. The largest absolute Gasteiger partial charge is 0.338 e. The fraction of sp³-hybridized carbons (Fsp3) is 0.273. The van der Waals surface area contributed by atoms with Crippen molar-refractivity contribution in [2.75, 3.05) is 11.9 Å². The van der Waals surface area contributed by atoms with Crippen LogP contribution in [0.2, 0.25) is 0 Å². The number of nitrogens with one attached hydrogen (secondary N) is 1. The third-order valence-corrected chi connectivity index (χ3v) is 3.51. The number of rotatable bonds is 5. The van der Waals surface area contributed by atoms with E-state index in [0.717, 1.165) is 11.0 Å². The lowest BCUT2D eigenvalue weighted by Crippen LogP contribution is -1.96. The standard InChI is InChI=1S/C11H12BrN3OS/c1-2-13-11-14-10(15-16-11)7-17-9-5-3-8(12)4-6-9/h3-6H,2,7H2,1H3,(H,13,14,15). The molecule has 17 heavy (non-hydrogen) atoms. The number of anilines is 1. The molecular weight excluding hydrogens is 302 g/mol. The van der Waals surface area contributed by atoms with Gasteiger partial charge in [-0.25, -0.2) is 0 Å². The number of benzene rings is 1. The molecular formula is C11H12BrN3OS. The fourth-order valence-electron chi connectivity index (χ4n) is 1.21. The molecule has 0 aliphatic carbocycles. The van der Waals surface area contributed by atoms with Gasteiger partial charge in [-0.05, 0) is 31.2 Å². The number of thioether (sulfide) groups is 1. The molecule has 6 heteroatoms. The molecule has 90 valence electrons. The van der Waals surface area contributed by atoms with Crippen LogP contribution in [0.4, 0.5) is 6.01 Å². The predicted molar refractivity (Wildman–Crippen MR) is 72.2 cm³/mol. The fourth-order valence-corrected chi connectivity index (χ4v) is 2.22. The number of hydrogen-bond acceptors (Lipinski definition) is 5. The van der Waals surface area contributed by atoms with Crippen LogP contribution in [-0.2, 0) is 5.75 Å². The van der Waals surface area contributed by atoms with Crippen LogP contribution in [0.5, 0.6) is 0 Å². The third kappa shape index (κ3) is 3.74. The highest BCUT2D eigenvalue weighted by Gasteiger charge is 2.05. The molecule has 2 rings (SSSR count). The highest BCUT2D eigenvalue weighted by molar-refractivity contribution is 9.10. The zero-order valence-electron chi connectivity index (χ0n) is 9.31. The molecule has 0 spiro atoms. The minimum Gasteiger partial charge on any atom is -0.338 e. The first-order valence-corrected chi connectivity index (χ1v) is 7.00. The molecule has 2 aromatic rings. The molecule has 4 nitrogen and oxygen atoms in total. The summed E-state index contributed by atoms with van der Waals surface area (Å²) in [5.41, 5.74) is 0. The number of aromatic nitrogens is 2. The van der Waals surface area contributed by atoms with Gasteiger partial charge >= 0.3 is 6.01 Å². The van der Waals surface area contributed by atoms with Gasteiger partial charge in [-0.2, -0.15) is 4.98 Å². The minimum atomic E-state index is 0.485. The van der Waals surface area contributed by atoms with Gasteiger partial charge in [-0.3, -0.25) is 0 Å². The molecule has 0 aliphatic rings. The summed E-state index contributed by atoms with van der Waals surface area (Å²) >= 11 is 5.08. The van der Waals surface area contributed by atoms with Gasteiger partial charge in [0.15, 0.2) is 5.82 Å². The lowest BCUT2D eigenvalue weighted by Gasteiger charge is -1.97. The van der Waals surface area contributed by atoms with Crippen molar-refractivity contribution in [1.82, 2.24) is 10.1 Å². The quantitative estimate of drug-likeness (QED) is 0.855. The van der Waals surface area contributed by atoms with Crippen molar-refractivity contribution >= 4 is 33.7 Å². The first-order chi connectivity index (χ1) is 8.28. The van der Waals surface area contributed by atoms with Crippen LogP contribution in [0.15, 0.2) is 38.2 Å². The summed E-state index contributed by atoms with van der Waals surface area (Å²) in [4.78, 5) is 5.40. The van der Waals surface area contributed by atoms with Crippen LogP contribution >= 0.6 is 27.7 Å². The summed E-state index contributed by atoms with van der Waals surface area (Å²) in [6, 6.07) is 8.63. The number of hydrogen-bond donors (Lipinski definition) is 1. The predicted octanol–water partition coefficient (Wildman–Crippen LogP) is 3.56. The van der Waals surface area contributed by atoms with E-state index in [2.05, 4.69) is 43.5 Å². The Balaban J connectivity index is 1.90. The lowest BCUT2D eigenvalue weighted by atomic mass is 10.4. The first-order valence-electron chi connectivity index (χ1n) is 5.22. The number of nitrogens with zero attached hydrogens (tertiary/aromatic N) is 2. The van der Waals surface area contributed by atoms with E-state index in [4.69, 9.17) is 4.52 Å². The van der Waals surface area contributed by atoms with E-state index in [-0.39, 0.29) is 0 Å². The van der Waals surface area contributed by atoms with Crippen LogP contribution < -0.4 is 5.32 Å². The van der Waals surface area contributed by atoms with Crippen LogP contribution in [0, 0.1) is 0 Å². The summed E-state index contributed by atoms with van der Waals surface area (Å²) in [7, 11) is 0. The first kappa shape index (κ1) is 12.4. The van der Waals surface area contributed by atoms with E-state index in [0.29, 0.717) is 17.6 Å². The van der Waals surface area contributed by atoms with Crippen molar-refractivity contribution in [3.8, 4) is 0 Å². The van der Waals surface area contributed by atoms with E-state index in [1.165, 1.54) is 4.90 Å². The van der Waals surface area contributed by atoms with Crippen molar-refractivity contribution in [3.05, 3.63) is 34.6 Å². The Labute approximate surface area is 112 Å². The molecule has 0 unspecified atom stereocenters. The Kier molecular flexibility index (Phi) is 4.44. The monoisotopic (exact) mass is 313 g/mol. The van der Waals surface area contributed by atoms with Crippen LogP contribution in [0.1, 0.15) is 12.7 Å². The van der Waals surface area contributed by atoms with Gasteiger partial charge in [0.2, 0.25) is 0 Å². The van der Waals surface area contributed by atoms with Gasteiger partial charge in [-0.15, -0.1) is 11.8 Å². The Hall–Kier alpha value is -1.01. The van der Waals surface area contributed by atoms with Crippen LogP contribution in [0.25, 0.3) is 0 Å². The third-order valence-electron chi connectivity index (χ3n) is 1.98. The van der Waals surface area contributed by atoms with Crippen LogP contribution in [-0.4, -0.2) is 16.7 Å². The van der Waals surface area contributed by atoms with Gasteiger partial charge < -0.3 is 9.84 Å². The Morgan fingerprint density at radius 1 is 1.35 bits per heavy atom. The highest BCUT2D eigenvalue weighted by atomic mass is 79.9. The normalized spacial score (nSPS) is 10.5. The zero-order chi connectivity index (χ0) is 12.1. The summed E-state index contributed by atoms with van der Waals surface area (Å²) < 4.78 is 6.10. The molecule has 1 heterocycles. The van der Waals surface area contributed by atoms with Crippen molar-refractivity contribution in [3.63, 3.8) is 0 Å². The second-order valence-electron chi connectivity index (χ2n) is 3.29. The Morgan fingerprint density at radius 2 is 2.12 bits per heavy atom. The van der Waals surface area contributed by atoms with Gasteiger partial charge in [-0.1, -0.05) is 21.1 Å². The van der Waals surface area contributed by atoms with Gasteiger partial charge in [0.25, 0.3) is 0 Å². The lowest BCUT2D eigenvalue weighted by molar-refractivity contribution is 0.425. The molecule has 0 bridgehead atoms. The van der Waals surface area contributed by atoms with E-state index in [1.807, 2.05) is 19.1 Å². The summed E-state index contributed by atoms with van der Waals surface area (Å²) in [5.74, 6) is 1.41. The smallest absolute Gasteiger partial charge is 0.321 e. The van der Waals surface area contributed by atoms with Crippen molar-refractivity contribution in [2.45, 2.75) is 17.6 Å².